The van der Waals surface area contributed by atoms with Crippen molar-refractivity contribution >= 4 is 12.6 Å². The van der Waals surface area contributed by atoms with Gasteiger partial charge in [-0.2, -0.15) is 12.6 Å². The summed E-state index contributed by atoms with van der Waals surface area (Å²) in [4.78, 5) is 0. The summed E-state index contributed by atoms with van der Waals surface area (Å²) >= 11 is 4.46. The molecule has 0 amide bonds. The van der Waals surface area contributed by atoms with Crippen LogP contribution in [0.5, 0.6) is 0 Å². The van der Waals surface area contributed by atoms with Crippen molar-refractivity contribution in [1.29, 1.82) is 0 Å². The molecule has 0 aliphatic rings. The van der Waals surface area contributed by atoms with Gasteiger partial charge in [0, 0.05) is 5.25 Å². The van der Waals surface area contributed by atoms with Gasteiger partial charge in [-0.1, -0.05) is 39.0 Å². The van der Waals surface area contributed by atoms with Crippen molar-refractivity contribution in [2.24, 2.45) is 5.73 Å². The van der Waals surface area contributed by atoms with E-state index in [1.54, 1.807) is 0 Å². The van der Waals surface area contributed by atoms with Gasteiger partial charge >= 0.3 is 0 Å². The van der Waals surface area contributed by atoms with E-state index in [4.69, 9.17) is 5.73 Å². The Morgan fingerprint density at radius 1 is 1.08 bits per heavy atom. The van der Waals surface area contributed by atoms with Crippen LogP contribution < -0.4 is 5.73 Å². The number of unbranched alkanes of at least 4 members (excludes halogenated alkanes) is 4. The minimum absolute atomic E-state index is 0.539. The zero-order chi connectivity index (χ0) is 9.23. The SMILES string of the molecule is CCCCCCCC(S)CCN. The lowest BCUT2D eigenvalue weighted by Crippen LogP contribution is -2.08. The summed E-state index contributed by atoms with van der Waals surface area (Å²) in [6.07, 6.45) is 9.10. The van der Waals surface area contributed by atoms with E-state index in [1.807, 2.05) is 0 Å². The van der Waals surface area contributed by atoms with Gasteiger partial charge in [-0.3, -0.25) is 0 Å². The van der Waals surface area contributed by atoms with E-state index in [0.29, 0.717) is 5.25 Å². The molecule has 0 fully saturated rings. The van der Waals surface area contributed by atoms with Crippen LogP contribution in [-0.2, 0) is 0 Å². The van der Waals surface area contributed by atoms with E-state index in [0.717, 1.165) is 13.0 Å². The van der Waals surface area contributed by atoms with Crippen molar-refractivity contribution in [3.05, 3.63) is 0 Å². The number of thiol groups is 1. The standard InChI is InChI=1S/C10H23NS/c1-2-3-4-5-6-7-10(12)8-9-11/h10,12H,2-9,11H2,1H3. The van der Waals surface area contributed by atoms with Crippen molar-refractivity contribution < 1.29 is 0 Å². The van der Waals surface area contributed by atoms with Gasteiger partial charge in [-0.15, -0.1) is 0 Å². The quantitative estimate of drug-likeness (QED) is 0.445. The summed E-state index contributed by atoms with van der Waals surface area (Å²) in [5, 5.41) is 0.539. The van der Waals surface area contributed by atoms with Gasteiger partial charge in [0.15, 0.2) is 0 Å². The van der Waals surface area contributed by atoms with Crippen molar-refractivity contribution in [2.75, 3.05) is 6.54 Å². The molecule has 12 heavy (non-hydrogen) atoms. The maximum absolute atomic E-state index is 5.43. The Bertz CT molecular complexity index is 85.9. The molecule has 0 radical (unpaired) electrons. The van der Waals surface area contributed by atoms with Crippen molar-refractivity contribution in [1.82, 2.24) is 0 Å². The molecule has 0 aromatic carbocycles. The Morgan fingerprint density at radius 2 is 1.75 bits per heavy atom. The Kier molecular flexibility index (Phi) is 9.64. The highest BCUT2D eigenvalue weighted by atomic mass is 32.1. The molecular formula is C10H23NS. The summed E-state index contributed by atoms with van der Waals surface area (Å²) in [5.74, 6) is 0. The Balaban J connectivity index is 2.97. The van der Waals surface area contributed by atoms with Gasteiger partial charge in [0.1, 0.15) is 0 Å². The molecular weight excluding hydrogens is 166 g/mol. The van der Waals surface area contributed by atoms with E-state index in [-0.39, 0.29) is 0 Å². The Hall–Kier alpha value is 0.310. The van der Waals surface area contributed by atoms with E-state index >= 15 is 0 Å². The monoisotopic (exact) mass is 189 g/mol. The van der Waals surface area contributed by atoms with E-state index in [1.165, 1.54) is 38.5 Å². The molecule has 1 unspecified atom stereocenters. The normalized spacial score (nSPS) is 13.2. The second-order valence-electron chi connectivity index (χ2n) is 3.43. The lowest BCUT2D eigenvalue weighted by molar-refractivity contribution is 0.587. The molecule has 0 aromatic heterocycles. The third-order valence-electron chi connectivity index (χ3n) is 2.14. The molecule has 0 aliphatic heterocycles. The fraction of sp³-hybridized carbons (Fsp3) is 1.00. The fourth-order valence-electron chi connectivity index (χ4n) is 1.32. The minimum Gasteiger partial charge on any atom is -0.330 e. The molecule has 2 heteroatoms. The lowest BCUT2D eigenvalue weighted by Gasteiger charge is -2.07. The molecule has 0 saturated heterocycles. The van der Waals surface area contributed by atoms with E-state index in [9.17, 15) is 0 Å². The van der Waals surface area contributed by atoms with Crippen LogP contribution in [0.15, 0.2) is 0 Å². The number of hydrogen-bond donors (Lipinski definition) is 2. The summed E-state index contributed by atoms with van der Waals surface area (Å²) in [6, 6.07) is 0. The third kappa shape index (κ3) is 8.41. The molecule has 0 rings (SSSR count). The largest absolute Gasteiger partial charge is 0.330 e. The highest BCUT2D eigenvalue weighted by Crippen LogP contribution is 2.12. The van der Waals surface area contributed by atoms with Crippen LogP contribution in [-0.4, -0.2) is 11.8 Å². The number of hydrogen-bond acceptors (Lipinski definition) is 2. The fourth-order valence-corrected chi connectivity index (χ4v) is 1.65. The van der Waals surface area contributed by atoms with Crippen LogP contribution in [0, 0.1) is 0 Å². The summed E-state index contributed by atoms with van der Waals surface area (Å²) in [6.45, 7) is 3.03. The predicted molar refractivity (Wildman–Crippen MR) is 59.8 cm³/mol. The average molecular weight is 189 g/mol. The molecule has 1 atom stereocenters. The molecule has 0 aromatic rings. The molecule has 0 aliphatic carbocycles. The highest BCUT2D eigenvalue weighted by Gasteiger charge is 2.00. The maximum Gasteiger partial charge on any atom is 0.00288 e. The number of rotatable bonds is 8. The topological polar surface area (TPSA) is 26.0 Å². The zero-order valence-electron chi connectivity index (χ0n) is 8.26. The van der Waals surface area contributed by atoms with Crippen LogP contribution in [0.3, 0.4) is 0 Å². The van der Waals surface area contributed by atoms with Gasteiger partial charge < -0.3 is 5.73 Å². The Morgan fingerprint density at radius 3 is 2.33 bits per heavy atom. The van der Waals surface area contributed by atoms with Gasteiger partial charge in [0.2, 0.25) is 0 Å². The third-order valence-corrected chi connectivity index (χ3v) is 2.66. The van der Waals surface area contributed by atoms with Crippen molar-refractivity contribution in [3.63, 3.8) is 0 Å². The summed E-state index contributed by atoms with van der Waals surface area (Å²) < 4.78 is 0. The van der Waals surface area contributed by atoms with Crippen LogP contribution in [0.1, 0.15) is 51.9 Å². The maximum atomic E-state index is 5.43. The molecule has 74 valence electrons. The van der Waals surface area contributed by atoms with Gasteiger partial charge in [-0.25, -0.2) is 0 Å². The molecule has 1 nitrogen and oxygen atoms in total. The zero-order valence-corrected chi connectivity index (χ0v) is 9.15. The molecule has 2 N–H and O–H groups in total. The second-order valence-corrected chi connectivity index (χ2v) is 4.16. The van der Waals surface area contributed by atoms with E-state index in [2.05, 4.69) is 19.6 Å². The summed E-state index contributed by atoms with van der Waals surface area (Å²) in [7, 11) is 0. The van der Waals surface area contributed by atoms with Gasteiger partial charge in [0.05, 0.1) is 0 Å². The van der Waals surface area contributed by atoms with Gasteiger partial charge in [-0.05, 0) is 19.4 Å². The molecule has 0 saturated carbocycles. The molecule has 0 spiro atoms. The average Bonchev–Trinajstić information content (AvgIpc) is 2.05. The van der Waals surface area contributed by atoms with Gasteiger partial charge in [0.25, 0.3) is 0 Å². The highest BCUT2D eigenvalue weighted by molar-refractivity contribution is 7.80. The van der Waals surface area contributed by atoms with Crippen LogP contribution >= 0.6 is 12.6 Å². The first-order valence-electron chi connectivity index (χ1n) is 5.19. The minimum atomic E-state index is 0.539. The first kappa shape index (κ1) is 12.3. The van der Waals surface area contributed by atoms with Crippen molar-refractivity contribution in [2.45, 2.75) is 57.1 Å². The van der Waals surface area contributed by atoms with Crippen LogP contribution in [0.4, 0.5) is 0 Å². The van der Waals surface area contributed by atoms with Crippen LogP contribution in [0.2, 0.25) is 0 Å². The van der Waals surface area contributed by atoms with E-state index < -0.39 is 0 Å². The van der Waals surface area contributed by atoms with Crippen molar-refractivity contribution in [3.8, 4) is 0 Å². The Labute approximate surface area is 82.5 Å². The first-order valence-corrected chi connectivity index (χ1v) is 5.71. The second kappa shape index (κ2) is 9.40. The van der Waals surface area contributed by atoms with Crippen LogP contribution in [0.25, 0.3) is 0 Å². The molecule has 0 heterocycles. The number of nitrogens with two attached hydrogens (primary N) is 1. The summed E-state index contributed by atoms with van der Waals surface area (Å²) in [5.41, 5.74) is 5.43. The predicted octanol–water partition coefficient (Wildman–Crippen LogP) is 2.99. The smallest absolute Gasteiger partial charge is 0.00288 e. The lowest BCUT2D eigenvalue weighted by atomic mass is 10.1. The first-order chi connectivity index (χ1) is 5.81. The molecule has 0 bridgehead atoms.